The van der Waals surface area contributed by atoms with E-state index >= 15 is 0 Å². The molecule has 1 fully saturated rings. The molecule has 0 atom stereocenters. The fraction of sp³-hybridized carbons (Fsp3) is 0.579. The second-order valence-electron chi connectivity index (χ2n) is 6.95. The van der Waals surface area contributed by atoms with Crippen molar-refractivity contribution in [3.63, 3.8) is 0 Å². The van der Waals surface area contributed by atoms with Crippen LogP contribution in [0.25, 0.3) is 10.2 Å². The number of aryl methyl sites for hydroxylation is 3. The lowest BCUT2D eigenvalue weighted by Gasteiger charge is -2.28. The number of thiophene rings is 1. The lowest BCUT2D eigenvalue weighted by atomic mass is 9.85. The molecule has 2 heterocycles. The molecule has 6 nitrogen and oxygen atoms in total. The van der Waals surface area contributed by atoms with Crippen LogP contribution >= 0.6 is 11.3 Å². The molecule has 0 unspecified atom stereocenters. The number of nitrogens with zero attached hydrogens (tertiary/aromatic N) is 2. The molecule has 3 rings (SSSR count). The Balaban J connectivity index is 1.74. The molecule has 1 aliphatic carbocycles. The molecule has 1 aliphatic rings. The number of aromatic nitrogens is 2. The molecule has 7 heteroatoms. The van der Waals surface area contributed by atoms with Gasteiger partial charge in [-0.3, -0.25) is 9.59 Å². The summed E-state index contributed by atoms with van der Waals surface area (Å²) in [6, 6.07) is 0.131. The zero-order valence-corrected chi connectivity index (χ0v) is 16.6. The van der Waals surface area contributed by atoms with Crippen molar-refractivity contribution in [3.8, 4) is 0 Å². The number of carbonyl (C=O) groups is 2. The first kappa shape index (κ1) is 18.8. The Labute approximate surface area is 157 Å². The summed E-state index contributed by atoms with van der Waals surface area (Å²) in [5, 5.41) is 6.87. The van der Waals surface area contributed by atoms with E-state index in [-0.39, 0.29) is 23.8 Å². The topological polar surface area (TPSA) is 84.0 Å². The van der Waals surface area contributed by atoms with Gasteiger partial charge in [-0.25, -0.2) is 9.97 Å². The molecule has 2 aromatic rings. The third-order valence-corrected chi connectivity index (χ3v) is 6.40. The molecule has 0 radical (unpaired) electrons. The predicted octanol–water partition coefficient (Wildman–Crippen LogP) is 2.91. The van der Waals surface area contributed by atoms with E-state index in [0.29, 0.717) is 0 Å². The van der Waals surface area contributed by atoms with Crippen molar-refractivity contribution in [2.45, 2.75) is 58.9 Å². The van der Waals surface area contributed by atoms with E-state index in [2.05, 4.69) is 20.6 Å². The van der Waals surface area contributed by atoms with Gasteiger partial charge in [0.15, 0.2) is 0 Å². The van der Waals surface area contributed by atoms with Crippen molar-refractivity contribution < 1.29 is 9.59 Å². The fourth-order valence-corrected chi connectivity index (χ4v) is 4.88. The molecule has 0 aromatic carbocycles. The monoisotopic (exact) mass is 374 g/mol. The normalized spacial score (nSPS) is 20.2. The zero-order valence-electron chi connectivity index (χ0n) is 15.8. The Hall–Kier alpha value is -2.02. The minimum absolute atomic E-state index is 0.0358. The number of carbonyl (C=O) groups excluding carboxylic acids is 2. The van der Waals surface area contributed by atoms with Crippen LogP contribution in [0.1, 0.15) is 59.4 Å². The minimum atomic E-state index is -0.0358. The Morgan fingerprint density at radius 3 is 2.46 bits per heavy atom. The maximum atomic E-state index is 12.8. The van der Waals surface area contributed by atoms with Crippen LogP contribution in [-0.2, 0) is 11.2 Å². The van der Waals surface area contributed by atoms with Gasteiger partial charge in [0, 0.05) is 36.5 Å². The largest absolute Gasteiger partial charge is 0.359 e. The highest BCUT2D eigenvalue weighted by Crippen LogP contribution is 2.32. The van der Waals surface area contributed by atoms with Crippen molar-refractivity contribution >= 4 is 33.4 Å². The lowest BCUT2D eigenvalue weighted by molar-refractivity contribution is -0.125. The molecule has 2 amide bonds. The molecule has 140 valence electrons. The van der Waals surface area contributed by atoms with Crippen molar-refractivity contribution in [1.29, 1.82) is 0 Å². The van der Waals surface area contributed by atoms with Crippen molar-refractivity contribution in [2.24, 2.45) is 5.92 Å². The van der Waals surface area contributed by atoms with Gasteiger partial charge in [-0.1, -0.05) is 6.92 Å². The maximum Gasteiger partial charge on any atom is 0.261 e. The zero-order chi connectivity index (χ0) is 18.8. The number of nitrogens with one attached hydrogen (secondary N) is 2. The Kier molecular flexibility index (Phi) is 5.55. The summed E-state index contributed by atoms with van der Waals surface area (Å²) in [5.41, 5.74) is 1.90. The number of hydrogen-bond donors (Lipinski definition) is 2. The fourth-order valence-electron chi connectivity index (χ4n) is 3.72. The van der Waals surface area contributed by atoms with Gasteiger partial charge in [0.25, 0.3) is 5.91 Å². The van der Waals surface area contributed by atoms with E-state index in [1.165, 1.54) is 11.3 Å². The second-order valence-corrected chi connectivity index (χ2v) is 7.95. The summed E-state index contributed by atoms with van der Waals surface area (Å²) in [6.45, 7) is 5.98. The molecule has 0 spiro atoms. The Morgan fingerprint density at radius 1 is 1.15 bits per heavy atom. The van der Waals surface area contributed by atoms with Gasteiger partial charge in [0.2, 0.25) is 5.91 Å². The first-order chi connectivity index (χ1) is 12.4. The molecular formula is C19H26N4O2S. The van der Waals surface area contributed by atoms with Gasteiger partial charge < -0.3 is 10.6 Å². The third kappa shape index (κ3) is 3.58. The predicted molar refractivity (Wildman–Crippen MR) is 104 cm³/mol. The average molecular weight is 375 g/mol. The quantitative estimate of drug-likeness (QED) is 0.862. The van der Waals surface area contributed by atoms with E-state index < -0.39 is 0 Å². The van der Waals surface area contributed by atoms with Crippen molar-refractivity contribution in [2.75, 3.05) is 7.05 Å². The molecule has 0 aliphatic heterocycles. The van der Waals surface area contributed by atoms with Crippen molar-refractivity contribution in [1.82, 2.24) is 20.6 Å². The first-order valence-electron chi connectivity index (χ1n) is 9.23. The van der Waals surface area contributed by atoms with E-state index in [9.17, 15) is 9.59 Å². The highest BCUT2D eigenvalue weighted by molar-refractivity contribution is 7.20. The van der Waals surface area contributed by atoms with E-state index in [0.717, 1.165) is 64.3 Å². The summed E-state index contributed by atoms with van der Waals surface area (Å²) in [4.78, 5) is 35.3. The van der Waals surface area contributed by atoms with Gasteiger partial charge in [0.1, 0.15) is 10.7 Å². The van der Waals surface area contributed by atoms with Gasteiger partial charge in [-0.15, -0.1) is 11.3 Å². The molecule has 0 saturated heterocycles. The third-order valence-electron chi connectivity index (χ3n) is 5.22. The summed E-state index contributed by atoms with van der Waals surface area (Å²) in [7, 11) is 1.68. The van der Waals surface area contributed by atoms with Crippen LogP contribution in [0.3, 0.4) is 0 Å². The van der Waals surface area contributed by atoms with Gasteiger partial charge >= 0.3 is 0 Å². The van der Waals surface area contributed by atoms with Crippen LogP contribution in [0.2, 0.25) is 0 Å². The highest BCUT2D eigenvalue weighted by atomic mass is 32.1. The number of fused-ring (bicyclic) bond motifs is 1. The van der Waals surface area contributed by atoms with Crippen LogP contribution in [0, 0.1) is 19.8 Å². The smallest absolute Gasteiger partial charge is 0.261 e. The molecule has 26 heavy (non-hydrogen) atoms. The van der Waals surface area contributed by atoms with Gasteiger partial charge in [-0.05, 0) is 45.1 Å². The number of rotatable bonds is 4. The van der Waals surface area contributed by atoms with Crippen LogP contribution in [0.4, 0.5) is 0 Å². The molecular weight excluding hydrogens is 348 g/mol. The molecule has 2 N–H and O–H groups in total. The van der Waals surface area contributed by atoms with Crippen LogP contribution in [0.5, 0.6) is 0 Å². The SMILES string of the molecule is CCc1nc(C)c2c(C)c(C(=O)NC3CCC(C(=O)NC)CC3)sc2n1. The minimum Gasteiger partial charge on any atom is -0.359 e. The summed E-state index contributed by atoms with van der Waals surface area (Å²) in [6.07, 6.45) is 4.10. The summed E-state index contributed by atoms with van der Waals surface area (Å²) in [5.74, 6) is 0.961. The lowest BCUT2D eigenvalue weighted by Crippen LogP contribution is -2.40. The molecule has 2 aromatic heterocycles. The van der Waals surface area contributed by atoms with E-state index in [1.54, 1.807) is 7.05 Å². The van der Waals surface area contributed by atoms with E-state index in [1.807, 2.05) is 20.8 Å². The standard InChI is InChI=1S/C19H26N4O2S/c1-5-14-21-11(3)15-10(2)16(26-19(15)23-14)18(25)22-13-8-6-12(7-9-13)17(24)20-4/h12-13H,5-9H2,1-4H3,(H,20,24)(H,22,25). The maximum absolute atomic E-state index is 12.8. The van der Waals surface area contributed by atoms with Crippen LogP contribution in [0.15, 0.2) is 0 Å². The number of amides is 2. The average Bonchev–Trinajstić information content (AvgIpc) is 2.98. The summed E-state index contributed by atoms with van der Waals surface area (Å²) >= 11 is 1.45. The first-order valence-corrected chi connectivity index (χ1v) is 10.0. The van der Waals surface area contributed by atoms with Gasteiger partial charge in [-0.2, -0.15) is 0 Å². The van der Waals surface area contributed by atoms with E-state index in [4.69, 9.17) is 0 Å². The second kappa shape index (κ2) is 7.70. The molecule has 0 bridgehead atoms. The molecule has 1 saturated carbocycles. The Morgan fingerprint density at radius 2 is 1.85 bits per heavy atom. The van der Waals surface area contributed by atoms with Gasteiger partial charge in [0.05, 0.1) is 4.88 Å². The Bertz CT molecular complexity index is 838. The van der Waals surface area contributed by atoms with Crippen molar-refractivity contribution in [3.05, 3.63) is 22.0 Å². The van der Waals surface area contributed by atoms with Crippen LogP contribution < -0.4 is 10.6 Å². The highest BCUT2D eigenvalue weighted by Gasteiger charge is 2.28. The summed E-state index contributed by atoms with van der Waals surface area (Å²) < 4.78 is 0. The number of hydrogen-bond acceptors (Lipinski definition) is 5. The van der Waals surface area contributed by atoms with Crippen LogP contribution in [-0.4, -0.2) is 34.9 Å².